The minimum absolute atomic E-state index is 0.182. The van der Waals surface area contributed by atoms with Crippen molar-refractivity contribution in [3.8, 4) is 0 Å². The average molecular weight is 417 g/mol. The van der Waals surface area contributed by atoms with Crippen LogP contribution < -0.4 is 16.0 Å². The fourth-order valence-electron chi connectivity index (χ4n) is 2.64. The molecule has 2 amide bonds. The third kappa shape index (κ3) is 5.63. The van der Waals surface area contributed by atoms with Crippen LogP contribution in [-0.4, -0.2) is 18.4 Å². The van der Waals surface area contributed by atoms with E-state index in [1.807, 2.05) is 0 Å². The first-order chi connectivity index (χ1) is 14.3. The van der Waals surface area contributed by atoms with Gasteiger partial charge in [-0.15, -0.1) is 0 Å². The predicted molar refractivity (Wildman–Crippen MR) is 104 cm³/mol. The fraction of sp³-hybridized carbons (Fsp3) is 0.143. The van der Waals surface area contributed by atoms with Crippen LogP contribution in [-0.2, 0) is 17.5 Å². The van der Waals surface area contributed by atoms with Crippen LogP contribution >= 0.6 is 0 Å². The summed E-state index contributed by atoms with van der Waals surface area (Å²) in [6.45, 7) is -0.0766. The molecular weight excluding hydrogens is 399 g/mol. The molecule has 0 spiro atoms. The quantitative estimate of drug-likeness (QED) is 0.541. The lowest BCUT2D eigenvalue weighted by molar-refractivity contribution is -0.137. The molecule has 9 heteroatoms. The number of alkyl halides is 3. The van der Waals surface area contributed by atoms with Gasteiger partial charge in [0.1, 0.15) is 5.76 Å². The lowest BCUT2D eigenvalue weighted by Crippen LogP contribution is -2.36. The summed E-state index contributed by atoms with van der Waals surface area (Å²) in [5.41, 5.74) is -0.122. The lowest BCUT2D eigenvalue weighted by Gasteiger charge is -2.14. The van der Waals surface area contributed by atoms with Gasteiger partial charge in [-0.05, 0) is 42.5 Å². The smallest absolute Gasteiger partial charge is 0.416 e. The zero-order valence-electron chi connectivity index (χ0n) is 15.6. The highest BCUT2D eigenvalue weighted by molar-refractivity contribution is 6.01. The van der Waals surface area contributed by atoms with Crippen molar-refractivity contribution in [2.45, 2.75) is 12.7 Å². The highest BCUT2D eigenvalue weighted by Gasteiger charge is 2.30. The summed E-state index contributed by atoms with van der Waals surface area (Å²) in [5.74, 6) is -0.383. The maximum Gasteiger partial charge on any atom is 0.416 e. The van der Waals surface area contributed by atoms with Crippen LogP contribution in [0.25, 0.3) is 0 Å². The second-order valence-corrected chi connectivity index (χ2v) is 6.29. The van der Waals surface area contributed by atoms with Crippen LogP contribution in [0, 0.1) is 0 Å². The number of para-hydroxylation sites is 1. The number of carbonyl (C=O) groups excluding carboxylic acids is 2. The lowest BCUT2D eigenvalue weighted by atomic mass is 10.1. The Hall–Kier alpha value is -3.75. The number of hydrogen-bond donors (Lipinski definition) is 3. The van der Waals surface area contributed by atoms with E-state index in [0.29, 0.717) is 11.4 Å². The number of amides is 2. The summed E-state index contributed by atoms with van der Waals surface area (Å²) >= 11 is 0. The van der Waals surface area contributed by atoms with E-state index in [4.69, 9.17) is 4.42 Å². The molecule has 0 saturated carbocycles. The van der Waals surface area contributed by atoms with Gasteiger partial charge in [0.25, 0.3) is 5.91 Å². The second kappa shape index (κ2) is 9.17. The second-order valence-electron chi connectivity index (χ2n) is 6.29. The van der Waals surface area contributed by atoms with Crippen molar-refractivity contribution in [2.24, 2.45) is 0 Å². The summed E-state index contributed by atoms with van der Waals surface area (Å²) in [5, 5.41) is 7.91. The molecule has 30 heavy (non-hydrogen) atoms. The Morgan fingerprint density at radius 3 is 2.47 bits per heavy atom. The molecule has 0 aliphatic carbocycles. The van der Waals surface area contributed by atoms with E-state index in [1.54, 1.807) is 30.3 Å². The number of halogens is 3. The van der Waals surface area contributed by atoms with Gasteiger partial charge >= 0.3 is 6.18 Å². The molecule has 3 rings (SSSR count). The summed E-state index contributed by atoms with van der Waals surface area (Å²) in [4.78, 5) is 24.4. The van der Waals surface area contributed by atoms with Crippen LogP contribution in [0.4, 0.5) is 24.5 Å². The Bertz CT molecular complexity index is 1020. The first-order valence-corrected chi connectivity index (χ1v) is 8.93. The number of rotatable bonds is 7. The number of nitrogens with one attached hydrogen (secondary N) is 3. The standard InChI is InChI=1S/C21H18F3N3O3/c22-21(23,24)14-5-3-6-15(11-14)27-18-9-2-1-8-17(18)20(29)26-13-19(28)25-12-16-7-4-10-30-16/h1-11,27H,12-13H2,(H,25,28)(H,26,29). The number of furan rings is 1. The molecule has 6 nitrogen and oxygen atoms in total. The van der Waals surface area contributed by atoms with E-state index in [0.717, 1.165) is 12.1 Å². The van der Waals surface area contributed by atoms with Gasteiger partial charge in [0.15, 0.2) is 0 Å². The monoisotopic (exact) mass is 417 g/mol. The van der Waals surface area contributed by atoms with E-state index in [2.05, 4.69) is 16.0 Å². The molecule has 1 heterocycles. The molecule has 0 atom stereocenters. The highest BCUT2D eigenvalue weighted by atomic mass is 19.4. The predicted octanol–water partition coefficient (Wildman–Crippen LogP) is 4.09. The van der Waals surface area contributed by atoms with Gasteiger partial charge in [-0.1, -0.05) is 18.2 Å². The molecule has 3 N–H and O–H groups in total. The van der Waals surface area contributed by atoms with Crippen molar-refractivity contribution in [3.63, 3.8) is 0 Å². The Kier molecular flexibility index (Phi) is 6.41. The largest absolute Gasteiger partial charge is 0.467 e. The summed E-state index contributed by atoms with van der Waals surface area (Å²) in [7, 11) is 0. The van der Waals surface area contributed by atoms with Gasteiger partial charge < -0.3 is 20.4 Å². The van der Waals surface area contributed by atoms with Crippen molar-refractivity contribution >= 4 is 23.2 Å². The van der Waals surface area contributed by atoms with Crippen LogP contribution in [0.1, 0.15) is 21.7 Å². The van der Waals surface area contributed by atoms with Gasteiger partial charge in [-0.3, -0.25) is 9.59 Å². The van der Waals surface area contributed by atoms with Gasteiger partial charge in [-0.25, -0.2) is 0 Å². The van der Waals surface area contributed by atoms with E-state index in [-0.39, 0.29) is 24.3 Å². The zero-order valence-corrected chi connectivity index (χ0v) is 15.6. The zero-order chi connectivity index (χ0) is 21.6. The van der Waals surface area contributed by atoms with Crippen molar-refractivity contribution in [2.75, 3.05) is 11.9 Å². The highest BCUT2D eigenvalue weighted by Crippen LogP contribution is 2.31. The number of hydrogen-bond acceptors (Lipinski definition) is 4. The van der Waals surface area contributed by atoms with Crippen molar-refractivity contribution in [1.82, 2.24) is 10.6 Å². The summed E-state index contributed by atoms with van der Waals surface area (Å²) in [6, 6.07) is 14.4. The Balaban J connectivity index is 1.63. The Labute approximate surface area is 170 Å². The first-order valence-electron chi connectivity index (χ1n) is 8.93. The first kappa shape index (κ1) is 21.0. The van der Waals surface area contributed by atoms with Gasteiger partial charge in [-0.2, -0.15) is 13.2 Å². The third-order valence-corrected chi connectivity index (χ3v) is 4.09. The SMILES string of the molecule is O=C(CNC(=O)c1ccccc1Nc1cccc(C(F)(F)F)c1)NCc1ccco1. The van der Waals surface area contributed by atoms with E-state index in [9.17, 15) is 22.8 Å². The molecule has 0 aliphatic rings. The van der Waals surface area contributed by atoms with Crippen molar-refractivity contribution in [3.05, 3.63) is 83.8 Å². The maximum absolute atomic E-state index is 12.9. The van der Waals surface area contributed by atoms with Crippen LogP contribution in [0.2, 0.25) is 0 Å². The molecule has 0 saturated heterocycles. The normalized spacial score (nSPS) is 11.0. The van der Waals surface area contributed by atoms with E-state index >= 15 is 0 Å². The molecule has 1 aromatic heterocycles. The molecular formula is C21H18F3N3O3. The topological polar surface area (TPSA) is 83.4 Å². The number of anilines is 2. The number of benzene rings is 2. The number of carbonyl (C=O) groups is 2. The molecule has 0 aliphatic heterocycles. The van der Waals surface area contributed by atoms with Gasteiger partial charge in [0, 0.05) is 5.69 Å². The van der Waals surface area contributed by atoms with Crippen LogP contribution in [0.5, 0.6) is 0 Å². The molecule has 156 valence electrons. The molecule has 0 fully saturated rings. The Morgan fingerprint density at radius 2 is 1.73 bits per heavy atom. The minimum Gasteiger partial charge on any atom is -0.467 e. The average Bonchev–Trinajstić information content (AvgIpc) is 3.24. The van der Waals surface area contributed by atoms with Gasteiger partial charge in [0.05, 0.1) is 36.2 Å². The third-order valence-electron chi connectivity index (χ3n) is 4.09. The van der Waals surface area contributed by atoms with Gasteiger partial charge in [0.2, 0.25) is 5.91 Å². The molecule has 0 bridgehead atoms. The molecule has 2 aromatic carbocycles. The summed E-state index contributed by atoms with van der Waals surface area (Å²) in [6.07, 6.45) is -2.99. The van der Waals surface area contributed by atoms with Crippen molar-refractivity contribution in [1.29, 1.82) is 0 Å². The molecule has 0 radical (unpaired) electrons. The molecule has 3 aromatic rings. The summed E-state index contributed by atoms with van der Waals surface area (Å²) < 4.78 is 43.8. The van der Waals surface area contributed by atoms with E-state index < -0.39 is 23.6 Å². The van der Waals surface area contributed by atoms with E-state index in [1.165, 1.54) is 24.5 Å². The Morgan fingerprint density at radius 1 is 0.933 bits per heavy atom. The van der Waals surface area contributed by atoms with Crippen LogP contribution in [0.3, 0.4) is 0 Å². The van der Waals surface area contributed by atoms with Crippen LogP contribution in [0.15, 0.2) is 71.3 Å². The minimum atomic E-state index is -4.47. The fourth-order valence-corrected chi connectivity index (χ4v) is 2.64. The molecule has 0 unspecified atom stereocenters. The maximum atomic E-state index is 12.9. The van der Waals surface area contributed by atoms with Crippen molar-refractivity contribution < 1.29 is 27.2 Å².